The zero-order chi connectivity index (χ0) is 12.3. The summed E-state index contributed by atoms with van der Waals surface area (Å²) in [7, 11) is 0. The van der Waals surface area contributed by atoms with Crippen molar-refractivity contribution in [3.8, 4) is 0 Å². The van der Waals surface area contributed by atoms with E-state index in [2.05, 4.69) is 43.8 Å². The van der Waals surface area contributed by atoms with Crippen molar-refractivity contribution in [1.29, 1.82) is 0 Å². The number of hydrogen-bond donors (Lipinski definition) is 1. The summed E-state index contributed by atoms with van der Waals surface area (Å²) in [6, 6.07) is 6.75. The Labute approximate surface area is 109 Å². The maximum atomic E-state index is 5.90. The number of thioether (sulfide) groups is 1. The summed E-state index contributed by atoms with van der Waals surface area (Å²) in [5, 5.41) is 0.731. The molecule has 0 aliphatic heterocycles. The molecular formula is C15H23NS. The lowest BCUT2D eigenvalue weighted by Gasteiger charge is -2.30. The molecule has 2 N–H and O–H groups in total. The fraction of sp³-hybridized carbons (Fsp3) is 0.600. The summed E-state index contributed by atoms with van der Waals surface area (Å²) in [6.07, 6.45) is 5.39. The minimum Gasteiger partial charge on any atom is -0.330 e. The fourth-order valence-electron chi connectivity index (χ4n) is 2.60. The number of aryl methyl sites for hydroxylation is 2. The van der Waals surface area contributed by atoms with Crippen molar-refractivity contribution in [2.75, 3.05) is 6.54 Å². The molecule has 0 heterocycles. The summed E-state index contributed by atoms with van der Waals surface area (Å²) >= 11 is 2.06. The number of nitrogens with two attached hydrogens (primary N) is 1. The van der Waals surface area contributed by atoms with E-state index < -0.39 is 0 Å². The fourth-order valence-corrected chi connectivity index (χ4v) is 4.15. The van der Waals surface area contributed by atoms with Crippen LogP contribution in [0.25, 0.3) is 0 Å². The van der Waals surface area contributed by atoms with E-state index in [-0.39, 0.29) is 0 Å². The van der Waals surface area contributed by atoms with Crippen LogP contribution in [0.2, 0.25) is 0 Å². The molecule has 0 radical (unpaired) electrons. The molecule has 1 aliphatic rings. The Hall–Kier alpha value is -0.470. The van der Waals surface area contributed by atoms with Gasteiger partial charge in [-0.3, -0.25) is 0 Å². The molecule has 0 amide bonds. The number of rotatable bonds is 3. The van der Waals surface area contributed by atoms with E-state index >= 15 is 0 Å². The van der Waals surface area contributed by atoms with Crippen LogP contribution in [0.1, 0.15) is 36.8 Å². The van der Waals surface area contributed by atoms with Crippen molar-refractivity contribution < 1.29 is 0 Å². The SMILES string of the molecule is Cc1ccc(C)c(SC2CCCCC2CN)c1. The first kappa shape index (κ1) is 13.0. The summed E-state index contributed by atoms with van der Waals surface area (Å²) in [4.78, 5) is 1.45. The van der Waals surface area contributed by atoms with E-state index in [1.54, 1.807) is 0 Å². The summed E-state index contributed by atoms with van der Waals surface area (Å²) in [5.41, 5.74) is 8.67. The van der Waals surface area contributed by atoms with Crippen LogP contribution in [-0.2, 0) is 0 Å². The Balaban J connectivity index is 2.10. The molecule has 0 spiro atoms. The second-order valence-corrected chi connectivity index (χ2v) is 6.49. The molecule has 1 fully saturated rings. The van der Waals surface area contributed by atoms with Crippen molar-refractivity contribution >= 4 is 11.8 Å². The molecule has 1 aromatic rings. The van der Waals surface area contributed by atoms with Gasteiger partial charge in [-0.2, -0.15) is 0 Å². The Morgan fingerprint density at radius 2 is 2.00 bits per heavy atom. The molecule has 1 aromatic carbocycles. The lowest BCUT2D eigenvalue weighted by atomic mass is 9.89. The van der Waals surface area contributed by atoms with Gasteiger partial charge in [0, 0.05) is 10.1 Å². The maximum absolute atomic E-state index is 5.90. The highest BCUT2D eigenvalue weighted by atomic mass is 32.2. The Morgan fingerprint density at radius 3 is 2.76 bits per heavy atom. The summed E-state index contributed by atoms with van der Waals surface area (Å²) < 4.78 is 0. The summed E-state index contributed by atoms with van der Waals surface area (Å²) in [5.74, 6) is 0.716. The first-order valence-corrected chi connectivity index (χ1v) is 7.52. The molecule has 2 unspecified atom stereocenters. The van der Waals surface area contributed by atoms with Gasteiger partial charge in [-0.15, -0.1) is 11.8 Å². The van der Waals surface area contributed by atoms with Gasteiger partial charge in [0.05, 0.1) is 0 Å². The van der Waals surface area contributed by atoms with Crippen LogP contribution in [0.3, 0.4) is 0 Å². The quantitative estimate of drug-likeness (QED) is 0.879. The van der Waals surface area contributed by atoms with Gasteiger partial charge >= 0.3 is 0 Å². The van der Waals surface area contributed by atoms with Crippen LogP contribution in [0, 0.1) is 19.8 Å². The second-order valence-electron chi connectivity index (χ2n) is 5.21. The van der Waals surface area contributed by atoms with Crippen LogP contribution in [0.5, 0.6) is 0 Å². The van der Waals surface area contributed by atoms with E-state index in [4.69, 9.17) is 5.73 Å². The predicted octanol–water partition coefficient (Wildman–Crippen LogP) is 3.91. The second kappa shape index (κ2) is 5.92. The van der Waals surface area contributed by atoms with Crippen LogP contribution in [0.15, 0.2) is 23.1 Å². The van der Waals surface area contributed by atoms with Crippen molar-refractivity contribution in [3.05, 3.63) is 29.3 Å². The lowest BCUT2D eigenvalue weighted by Crippen LogP contribution is -2.28. The Morgan fingerprint density at radius 1 is 1.24 bits per heavy atom. The van der Waals surface area contributed by atoms with E-state index in [1.165, 1.54) is 41.7 Å². The van der Waals surface area contributed by atoms with E-state index in [0.29, 0.717) is 5.92 Å². The van der Waals surface area contributed by atoms with Gasteiger partial charge in [-0.05, 0) is 50.8 Å². The third-order valence-electron chi connectivity index (χ3n) is 3.76. The van der Waals surface area contributed by atoms with Gasteiger partial charge in [0.15, 0.2) is 0 Å². The standard InChI is InChI=1S/C15H23NS/c1-11-7-8-12(2)15(9-11)17-14-6-4-3-5-13(14)10-16/h7-9,13-14H,3-6,10,16H2,1-2H3. The van der Waals surface area contributed by atoms with Gasteiger partial charge in [0.1, 0.15) is 0 Å². The molecule has 0 bridgehead atoms. The Bertz CT molecular complexity index is 375. The first-order chi connectivity index (χ1) is 8.20. The van der Waals surface area contributed by atoms with Crippen molar-refractivity contribution in [2.24, 2.45) is 11.7 Å². The summed E-state index contributed by atoms with van der Waals surface area (Å²) in [6.45, 7) is 5.23. The highest BCUT2D eigenvalue weighted by Gasteiger charge is 2.25. The molecule has 1 aliphatic carbocycles. The smallest absolute Gasteiger partial charge is 0.0135 e. The number of benzene rings is 1. The molecule has 1 saturated carbocycles. The van der Waals surface area contributed by atoms with E-state index in [9.17, 15) is 0 Å². The molecular weight excluding hydrogens is 226 g/mol. The highest BCUT2D eigenvalue weighted by Crippen LogP contribution is 2.38. The topological polar surface area (TPSA) is 26.0 Å². The van der Waals surface area contributed by atoms with Gasteiger partial charge in [0.25, 0.3) is 0 Å². The van der Waals surface area contributed by atoms with Crippen molar-refractivity contribution in [1.82, 2.24) is 0 Å². The van der Waals surface area contributed by atoms with Crippen LogP contribution >= 0.6 is 11.8 Å². The Kier molecular flexibility index (Phi) is 4.52. The third kappa shape index (κ3) is 3.26. The minimum absolute atomic E-state index is 0.716. The van der Waals surface area contributed by atoms with Crippen molar-refractivity contribution in [3.63, 3.8) is 0 Å². The largest absolute Gasteiger partial charge is 0.330 e. The zero-order valence-corrected chi connectivity index (χ0v) is 11.7. The van der Waals surface area contributed by atoms with Crippen LogP contribution in [0.4, 0.5) is 0 Å². The minimum atomic E-state index is 0.716. The lowest BCUT2D eigenvalue weighted by molar-refractivity contribution is 0.378. The predicted molar refractivity (Wildman–Crippen MR) is 76.6 cm³/mol. The van der Waals surface area contributed by atoms with Gasteiger partial charge < -0.3 is 5.73 Å². The average molecular weight is 249 g/mol. The molecule has 2 rings (SSSR count). The van der Waals surface area contributed by atoms with Crippen LogP contribution < -0.4 is 5.73 Å². The molecule has 94 valence electrons. The average Bonchev–Trinajstić information content (AvgIpc) is 2.34. The normalized spacial score (nSPS) is 24.9. The van der Waals surface area contributed by atoms with E-state index in [0.717, 1.165) is 11.8 Å². The van der Waals surface area contributed by atoms with E-state index in [1.807, 2.05) is 0 Å². The third-order valence-corrected chi connectivity index (χ3v) is 5.38. The van der Waals surface area contributed by atoms with Gasteiger partial charge in [-0.25, -0.2) is 0 Å². The van der Waals surface area contributed by atoms with Crippen LogP contribution in [-0.4, -0.2) is 11.8 Å². The highest BCUT2D eigenvalue weighted by molar-refractivity contribution is 8.00. The molecule has 17 heavy (non-hydrogen) atoms. The molecule has 0 saturated heterocycles. The molecule has 2 atom stereocenters. The monoisotopic (exact) mass is 249 g/mol. The molecule has 2 heteroatoms. The maximum Gasteiger partial charge on any atom is 0.0135 e. The van der Waals surface area contributed by atoms with Crippen molar-refractivity contribution in [2.45, 2.75) is 49.7 Å². The number of hydrogen-bond acceptors (Lipinski definition) is 2. The molecule has 1 nitrogen and oxygen atoms in total. The van der Waals surface area contributed by atoms with Gasteiger partial charge in [-0.1, -0.05) is 30.5 Å². The molecule has 0 aromatic heterocycles. The zero-order valence-electron chi connectivity index (χ0n) is 10.9. The van der Waals surface area contributed by atoms with Gasteiger partial charge in [0.2, 0.25) is 0 Å². The first-order valence-electron chi connectivity index (χ1n) is 6.64.